The van der Waals surface area contributed by atoms with Crippen LogP contribution in [0, 0.1) is 0 Å². The van der Waals surface area contributed by atoms with Crippen molar-refractivity contribution in [2.45, 2.75) is 12.5 Å². The van der Waals surface area contributed by atoms with E-state index in [0.29, 0.717) is 15.6 Å². The molecule has 1 aromatic rings. The van der Waals surface area contributed by atoms with Gasteiger partial charge >= 0.3 is 0 Å². The number of amides is 2. The van der Waals surface area contributed by atoms with E-state index in [-0.39, 0.29) is 13.0 Å². The van der Waals surface area contributed by atoms with Gasteiger partial charge in [0.15, 0.2) is 0 Å². The van der Waals surface area contributed by atoms with Gasteiger partial charge in [-0.25, -0.2) is 0 Å². The molecule has 0 bridgehead atoms. The van der Waals surface area contributed by atoms with Crippen molar-refractivity contribution in [2.24, 2.45) is 5.73 Å². The monoisotopic (exact) mass is 304 g/mol. The number of nitrogens with two attached hydrogens (primary N) is 1. The molecule has 104 valence electrons. The van der Waals surface area contributed by atoms with Crippen molar-refractivity contribution >= 4 is 35.0 Å². The Labute approximate surface area is 121 Å². The highest BCUT2D eigenvalue weighted by Crippen LogP contribution is 2.25. The summed E-state index contributed by atoms with van der Waals surface area (Å²) in [6.45, 7) is -0.153. The number of nitrogens with one attached hydrogen (secondary N) is 1. The van der Waals surface area contributed by atoms with Crippen molar-refractivity contribution in [1.82, 2.24) is 5.32 Å². The van der Waals surface area contributed by atoms with Gasteiger partial charge in [0.05, 0.1) is 0 Å². The van der Waals surface area contributed by atoms with Crippen molar-refractivity contribution in [3.8, 4) is 0 Å². The van der Waals surface area contributed by atoms with Crippen molar-refractivity contribution < 1.29 is 14.3 Å². The number of hydrogen-bond acceptors (Lipinski definition) is 3. The maximum absolute atomic E-state index is 11.4. The van der Waals surface area contributed by atoms with E-state index in [1.54, 1.807) is 18.2 Å². The van der Waals surface area contributed by atoms with Crippen molar-refractivity contribution in [1.29, 1.82) is 0 Å². The second-order valence-electron chi connectivity index (χ2n) is 3.86. The summed E-state index contributed by atoms with van der Waals surface area (Å²) in [7, 11) is 1.38. The molecule has 0 aliphatic carbocycles. The second kappa shape index (κ2) is 7.33. The van der Waals surface area contributed by atoms with Crippen LogP contribution in [0.25, 0.3) is 0 Å². The fraction of sp³-hybridized carbons (Fsp3) is 0.333. The predicted molar refractivity (Wildman–Crippen MR) is 73.2 cm³/mol. The van der Waals surface area contributed by atoms with E-state index >= 15 is 0 Å². The molecular weight excluding hydrogens is 291 g/mol. The summed E-state index contributed by atoms with van der Waals surface area (Å²) in [6, 6.07) is 4.10. The quantitative estimate of drug-likeness (QED) is 0.827. The van der Waals surface area contributed by atoms with Gasteiger partial charge in [-0.1, -0.05) is 29.3 Å². The Kier molecular flexibility index (Phi) is 6.08. The molecule has 0 unspecified atom stereocenters. The lowest BCUT2D eigenvalue weighted by molar-refractivity contribution is -0.129. The third-order valence-electron chi connectivity index (χ3n) is 2.42. The van der Waals surface area contributed by atoms with Gasteiger partial charge in [-0.05, 0) is 17.7 Å². The molecule has 0 aliphatic rings. The van der Waals surface area contributed by atoms with Crippen LogP contribution in [0.1, 0.15) is 5.56 Å². The van der Waals surface area contributed by atoms with Gasteiger partial charge in [-0.15, -0.1) is 0 Å². The average Bonchev–Trinajstić information content (AvgIpc) is 2.32. The summed E-state index contributed by atoms with van der Waals surface area (Å²) in [4.78, 5) is 22.8. The minimum absolute atomic E-state index is 0.128. The number of halogens is 2. The van der Waals surface area contributed by atoms with Gasteiger partial charge in [0.25, 0.3) is 0 Å². The summed E-state index contributed by atoms with van der Waals surface area (Å²) in [6.07, 6.45) is 0.128. The molecule has 1 atom stereocenters. The van der Waals surface area contributed by atoms with Gasteiger partial charge in [-0.3, -0.25) is 9.59 Å². The number of carbonyl (C=O) groups is 2. The highest BCUT2D eigenvalue weighted by atomic mass is 35.5. The van der Waals surface area contributed by atoms with E-state index in [1.807, 2.05) is 0 Å². The largest absolute Gasteiger partial charge is 0.375 e. The zero-order valence-electron chi connectivity index (χ0n) is 10.3. The molecule has 5 nitrogen and oxygen atoms in total. The first kappa shape index (κ1) is 15.8. The number of ether oxygens (including phenoxy) is 1. The molecule has 2 amide bonds. The molecule has 0 aliphatic heterocycles. The maximum atomic E-state index is 11.4. The fourth-order valence-corrected chi connectivity index (χ4v) is 2.07. The lowest BCUT2D eigenvalue weighted by atomic mass is 10.1. The highest BCUT2D eigenvalue weighted by molar-refractivity contribution is 6.36. The van der Waals surface area contributed by atoms with Crippen LogP contribution in [0.15, 0.2) is 18.2 Å². The fourth-order valence-electron chi connectivity index (χ4n) is 1.52. The summed E-state index contributed by atoms with van der Waals surface area (Å²) >= 11 is 12.0. The molecule has 0 spiro atoms. The minimum atomic E-state index is -0.889. The predicted octanol–water partition coefficient (Wildman–Crippen LogP) is 1.15. The smallest absolute Gasteiger partial charge is 0.246 e. The Bertz CT molecular complexity index is 460. The Balaban J connectivity index is 2.84. The Morgan fingerprint density at radius 1 is 1.37 bits per heavy atom. The molecule has 19 heavy (non-hydrogen) atoms. The molecule has 7 heteroatoms. The van der Waals surface area contributed by atoms with Gasteiger partial charge in [0.1, 0.15) is 12.6 Å². The molecule has 0 saturated heterocycles. The molecule has 1 aromatic carbocycles. The minimum Gasteiger partial charge on any atom is -0.375 e. The number of hydrogen-bond donors (Lipinski definition) is 2. The zero-order chi connectivity index (χ0) is 14.4. The summed E-state index contributed by atoms with van der Waals surface area (Å²) < 4.78 is 4.67. The Hall–Kier alpha value is -1.30. The van der Waals surface area contributed by atoms with Crippen LogP contribution < -0.4 is 11.1 Å². The van der Waals surface area contributed by atoms with E-state index in [0.717, 1.165) is 0 Å². The van der Waals surface area contributed by atoms with Gasteiger partial charge in [0, 0.05) is 23.6 Å². The molecule has 3 N–H and O–H groups in total. The molecule has 0 aromatic heterocycles. The molecule has 0 saturated carbocycles. The maximum Gasteiger partial charge on any atom is 0.246 e. The third kappa shape index (κ3) is 4.70. The van der Waals surface area contributed by atoms with Crippen molar-refractivity contribution in [2.75, 3.05) is 13.7 Å². The van der Waals surface area contributed by atoms with Gasteiger partial charge in [-0.2, -0.15) is 0 Å². The van der Waals surface area contributed by atoms with Gasteiger partial charge < -0.3 is 15.8 Å². The first-order chi connectivity index (χ1) is 8.95. The Morgan fingerprint density at radius 2 is 1.95 bits per heavy atom. The molecule has 1 rings (SSSR count). The number of benzene rings is 1. The summed E-state index contributed by atoms with van der Waals surface area (Å²) in [5.41, 5.74) is 5.81. The summed E-state index contributed by atoms with van der Waals surface area (Å²) in [5, 5.41) is 3.30. The standard InChI is InChI=1S/C12H14Cl2N2O3/c1-19-6-11(17)16-10(12(15)18)5-7-8(13)3-2-4-9(7)14/h2-4,10H,5-6H2,1H3,(H2,15,18)(H,16,17)/t10-/m0/s1. The van der Waals surface area contributed by atoms with Gasteiger partial charge in [0.2, 0.25) is 11.8 Å². The van der Waals surface area contributed by atoms with Crippen molar-refractivity contribution in [3.63, 3.8) is 0 Å². The van der Waals surface area contributed by atoms with E-state index in [2.05, 4.69) is 10.1 Å². The first-order valence-corrected chi connectivity index (χ1v) is 6.21. The third-order valence-corrected chi connectivity index (χ3v) is 3.13. The number of methoxy groups -OCH3 is 1. The SMILES string of the molecule is COCC(=O)N[C@@H](Cc1c(Cl)cccc1Cl)C(N)=O. The normalized spacial score (nSPS) is 11.9. The second-order valence-corrected chi connectivity index (χ2v) is 4.67. The first-order valence-electron chi connectivity index (χ1n) is 5.46. The van der Waals surface area contributed by atoms with Crippen LogP contribution in [-0.2, 0) is 20.7 Å². The molecular formula is C12H14Cl2N2O3. The number of carbonyl (C=O) groups excluding carboxylic acids is 2. The number of rotatable bonds is 6. The summed E-state index contributed by atoms with van der Waals surface area (Å²) in [5.74, 6) is -1.10. The van der Waals surface area contributed by atoms with E-state index in [1.165, 1.54) is 7.11 Å². The van der Waals surface area contributed by atoms with Crippen LogP contribution in [0.5, 0.6) is 0 Å². The van der Waals surface area contributed by atoms with E-state index in [4.69, 9.17) is 28.9 Å². The molecule has 0 radical (unpaired) electrons. The van der Waals surface area contributed by atoms with Crippen LogP contribution in [0.2, 0.25) is 10.0 Å². The topological polar surface area (TPSA) is 81.4 Å². The average molecular weight is 305 g/mol. The zero-order valence-corrected chi connectivity index (χ0v) is 11.8. The van der Waals surface area contributed by atoms with E-state index in [9.17, 15) is 9.59 Å². The Morgan fingerprint density at radius 3 is 2.42 bits per heavy atom. The molecule has 0 fully saturated rings. The van der Waals surface area contributed by atoms with Crippen molar-refractivity contribution in [3.05, 3.63) is 33.8 Å². The van der Waals surface area contributed by atoms with Crippen LogP contribution in [0.4, 0.5) is 0 Å². The molecule has 0 heterocycles. The van der Waals surface area contributed by atoms with Crippen LogP contribution in [-0.4, -0.2) is 31.6 Å². The highest BCUT2D eigenvalue weighted by Gasteiger charge is 2.21. The lowest BCUT2D eigenvalue weighted by Crippen LogP contribution is -2.47. The van der Waals surface area contributed by atoms with Crippen LogP contribution >= 0.6 is 23.2 Å². The van der Waals surface area contributed by atoms with Crippen LogP contribution in [0.3, 0.4) is 0 Å². The van der Waals surface area contributed by atoms with E-state index < -0.39 is 17.9 Å². The lowest BCUT2D eigenvalue weighted by Gasteiger charge is -2.16. The number of primary amides is 1.